The normalized spacial score (nSPS) is 11.8. The number of aromatic nitrogens is 1. The Kier molecular flexibility index (Phi) is 2.86. The Morgan fingerprint density at radius 1 is 1.29 bits per heavy atom. The molecule has 1 N–H and O–H groups in total. The summed E-state index contributed by atoms with van der Waals surface area (Å²) in [6.07, 6.45) is -3.38. The maximum atomic E-state index is 12.0. The van der Waals surface area contributed by atoms with Crippen LogP contribution in [0.3, 0.4) is 0 Å². The summed E-state index contributed by atoms with van der Waals surface area (Å²) in [5, 5.41) is 0.286. The van der Waals surface area contributed by atoms with E-state index in [4.69, 9.17) is 0 Å². The molecule has 0 spiro atoms. The molecule has 0 radical (unpaired) electrons. The summed E-state index contributed by atoms with van der Waals surface area (Å²) in [5.41, 5.74) is -0.0164. The molecular formula is C10H5BrF3NO2. The minimum atomic E-state index is -4.75. The fourth-order valence-electron chi connectivity index (χ4n) is 1.37. The van der Waals surface area contributed by atoms with Gasteiger partial charge in [0.05, 0.1) is 9.99 Å². The molecule has 0 aliphatic heterocycles. The van der Waals surface area contributed by atoms with E-state index in [1.54, 1.807) is 0 Å². The topological polar surface area (TPSA) is 42.1 Å². The molecule has 0 saturated carbocycles. The molecule has 0 unspecified atom stereocenters. The van der Waals surface area contributed by atoms with E-state index in [1.807, 2.05) is 0 Å². The van der Waals surface area contributed by atoms with Crippen molar-refractivity contribution in [2.45, 2.75) is 6.36 Å². The predicted molar refractivity (Wildman–Crippen MR) is 59.0 cm³/mol. The smallest absolute Gasteiger partial charge is 0.406 e. The third-order valence-corrected chi connectivity index (χ3v) is 2.63. The van der Waals surface area contributed by atoms with E-state index in [2.05, 4.69) is 25.7 Å². The second-order valence-corrected chi connectivity index (χ2v) is 4.08. The summed E-state index contributed by atoms with van der Waals surface area (Å²) in [5.74, 6) is -0.372. The Bertz CT molecular complexity index is 621. The number of halogens is 4. The van der Waals surface area contributed by atoms with Crippen molar-refractivity contribution in [3.05, 3.63) is 39.1 Å². The molecule has 2 rings (SSSR count). The lowest BCUT2D eigenvalue weighted by Crippen LogP contribution is -2.17. The van der Waals surface area contributed by atoms with E-state index in [9.17, 15) is 18.0 Å². The number of nitrogens with one attached hydrogen (secondary N) is 1. The number of aromatic amines is 1. The third-order valence-electron chi connectivity index (χ3n) is 2.04. The molecule has 3 nitrogen and oxygen atoms in total. The van der Waals surface area contributed by atoms with Crippen LogP contribution in [0, 0.1) is 0 Å². The molecule has 7 heteroatoms. The molecule has 0 fully saturated rings. The van der Waals surface area contributed by atoms with Crippen LogP contribution in [-0.2, 0) is 0 Å². The van der Waals surface area contributed by atoms with E-state index in [1.165, 1.54) is 12.3 Å². The zero-order valence-electron chi connectivity index (χ0n) is 8.14. The van der Waals surface area contributed by atoms with Crippen LogP contribution in [0.4, 0.5) is 13.2 Å². The average Bonchev–Trinajstić information content (AvgIpc) is 2.21. The minimum Gasteiger partial charge on any atom is -0.406 e. The average molecular weight is 308 g/mol. The maximum absolute atomic E-state index is 12.0. The molecule has 0 amide bonds. The molecule has 0 saturated heterocycles. The highest BCUT2D eigenvalue weighted by Gasteiger charge is 2.31. The van der Waals surface area contributed by atoms with Crippen molar-refractivity contribution >= 4 is 26.8 Å². The first kappa shape index (κ1) is 12.0. The molecule has 0 bridgehead atoms. The highest BCUT2D eigenvalue weighted by atomic mass is 79.9. The van der Waals surface area contributed by atoms with Gasteiger partial charge in [0.25, 0.3) is 0 Å². The molecule has 17 heavy (non-hydrogen) atoms. The number of alkyl halides is 3. The fourth-order valence-corrected chi connectivity index (χ4v) is 1.70. The van der Waals surface area contributed by atoms with Gasteiger partial charge in [-0.05, 0) is 28.1 Å². The fraction of sp³-hybridized carbons (Fsp3) is 0.100. The zero-order chi connectivity index (χ0) is 12.6. The Labute approximate surface area is 101 Å². The summed E-state index contributed by atoms with van der Waals surface area (Å²) < 4.78 is 40.0. The second-order valence-electron chi connectivity index (χ2n) is 3.22. The lowest BCUT2D eigenvalue weighted by molar-refractivity contribution is -0.274. The Morgan fingerprint density at radius 3 is 2.65 bits per heavy atom. The number of ether oxygens (including phenoxy) is 1. The molecule has 1 aromatic heterocycles. The van der Waals surface area contributed by atoms with Crippen molar-refractivity contribution in [2.75, 3.05) is 0 Å². The monoisotopic (exact) mass is 307 g/mol. The molecule has 2 aromatic rings. The number of pyridine rings is 1. The zero-order valence-corrected chi connectivity index (χ0v) is 9.72. The van der Waals surface area contributed by atoms with Crippen LogP contribution in [0.2, 0.25) is 0 Å². The quantitative estimate of drug-likeness (QED) is 0.879. The van der Waals surface area contributed by atoms with Crippen LogP contribution in [0.1, 0.15) is 0 Å². The van der Waals surface area contributed by atoms with E-state index in [0.29, 0.717) is 4.47 Å². The van der Waals surface area contributed by atoms with Crippen LogP contribution in [0.15, 0.2) is 33.7 Å². The van der Waals surface area contributed by atoms with E-state index in [-0.39, 0.29) is 22.1 Å². The van der Waals surface area contributed by atoms with Gasteiger partial charge in [-0.1, -0.05) is 0 Å². The number of rotatable bonds is 1. The summed E-state index contributed by atoms with van der Waals surface area (Å²) >= 11 is 3.03. The molecular weight excluding hydrogens is 303 g/mol. The van der Waals surface area contributed by atoms with Crippen molar-refractivity contribution in [3.63, 3.8) is 0 Å². The van der Waals surface area contributed by atoms with Gasteiger partial charge in [0, 0.05) is 17.6 Å². The second kappa shape index (κ2) is 4.06. The molecule has 90 valence electrons. The number of fused-ring (bicyclic) bond motifs is 1. The molecule has 0 atom stereocenters. The van der Waals surface area contributed by atoms with E-state index < -0.39 is 6.36 Å². The lowest BCUT2D eigenvalue weighted by atomic mass is 10.2. The SMILES string of the molecule is O=c1c(Br)c[nH]c2cc(OC(F)(F)F)ccc12. The maximum Gasteiger partial charge on any atom is 0.573 e. The first-order chi connectivity index (χ1) is 7.87. The van der Waals surface area contributed by atoms with Gasteiger partial charge < -0.3 is 9.72 Å². The van der Waals surface area contributed by atoms with Crippen molar-refractivity contribution in [3.8, 4) is 5.75 Å². The lowest BCUT2D eigenvalue weighted by Gasteiger charge is -2.09. The number of hydrogen-bond donors (Lipinski definition) is 1. The summed E-state index contributed by atoms with van der Waals surface area (Å²) in [7, 11) is 0. The standard InChI is InChI=1S/C10H5BrF3NO2/c11-7-4-15-8-3-5(17-10(12,13)14)1-2-6(8)9(7)16/h1-4H,(H,15,16). The van der Waals surface area contributed by atoms with Crippen molar-refractivity contribution in [1.29, 1.82) is 0 Å². The van der Waals surface area contributed by atoms with Gasteiger partial charge >= 0.3 is 6.36 Å². The highest BCUT2D eigenvalue weighted by Crippen LogP contribution is 2.25. The van der Waals surface area contributed by atoms with Crippen molar-refractivity contribution in [1.82, 2.24) is 4.98 Å². The van der Waals surface area contributed by atoms with E-state index in [0.717, 1.165) is 12.1 Å². The van der Waals surface area contributed by atoms with Crippen molar-refractivity contribution in [2.24, 2.45) is 0 Å². The van der Waals surface area contributed by atoms with Crippen LogP contribution < -0.4 is 10.2 Å². The van der Waals surface area contributed by atoms with Crippen LogP contribution in [-0.4, -0.2) is 11.3 Å². The number of hydrogen-bond acceptors (Lipinski definition) is 2. The first-order valence-electron chi connectivity index (χ1n) is 4.43. The van der Waals surface area contributed by atoms with Gasteiger partial charge in [-0.2, -0.15) is 0 Å². The van der Waals surface area contributed by atoms with Gasteiger partial charge in [0.2, 0.25) is 5.43 Å². The predicted octanol–water partition coefficient (Wildman–Crippen LogP) is 3.19. The Balaban J connectivity index is 2.53. The molecule has 1 heterocycles. The highest BCUT2D eigenvalue weighted by molar-refractivity contribution is 9.10. The van der Waals surface area contributed by atoms with Gasteiger partial charge in [-0.25, -0.2) is 0 Å². The molecule has 0 aliphatic carbocycles. The largest absolute Gasteiger partial charge is 0.573 e. The van der Waals surface area contributed by atoms with Crippen LogP contribution in [0.25, 0.3) is 10.9 Å². The number of H-pyrrole nitrogens is 1. The van der Waals surface area contributed by atoms with Gasteiger partial charge in [0.1, 0.15) is 5.75 Å². The third kappa shape index (κ3) is 2.60. The Hall–Kier alpha value is -1.50. The Morgan fingerprint density at radius 2 is 2.00 bits per heavy atom. The van der Waals surface area contributed by atoms with Crippen molar-refractivity contribution < 1.29 is 17.9 Å². The summed E-state index contributed by atoms with van der Waals surface area (Å²) in [6, 6.07) is 3.49. The van der Waals surface area contributed by atoms with Crippen LogP contribution >= 0.6 is 15.9 Å². The molecule has 1 aromatic carbocycles. The van der Waals surface area contributed by atoms with Gasteiger partial charge in [0.15, 0.2) is 0 Å². The summed E-state index contributed by atoms with van der Waals surface area (Å²) in [6.45, 7) is 0. The van der Waals surface area contributed by atoms with Gasteiger partial charge in [-0.15, -0.1) is 13.2 Å². The number of benzene rings is 1. The summed E-state index contributed by atoms with van der Waals surface area (Å²) in [4.78, 5) is 14.3. The van der Waals surface area contributed by atoms with E-state index >= 15 is 0 Å². The molecule has 0 aliphatic rings. The van der Waals surface area contributed by atoms with Gasteiger partial charge in [-0.3, -0.25) is 4.79 Å². The minimum absolute atomic E-state index is 0.278. The first-order valence-corrected chi connectivity index (χ1v) is 5.23. The van der Waals surface area contributed by atoms with Crippen LogP contribution in [0.5, 0.6) is 5.75 Å².